The Bertz CT molecular complexity index is 1290. The summed E-state index contributed by atoms with van der Waals surface area (Å²) >= 11 is 2.71. The zero-order chi connectivity index (χ0) is 24.1. The van der Waals surface area contributed by atoms with Crippen molar-refractivity contribution in [2.75, 3.05) is 5.32 Å². The van der Waals surface area contributed by atoms with Crippen molar-refractivity contribution in [3.63, 3.8) is 0 Å². The first kappa shape index (κ1) is 23.7. The van der Waals surface area contributed by atoms with Crippen LogP contribution < -0.4 is 10.6 Å². The molecule has 0 aliphatic rings. The SMILES string of the molecule is C=CCn1c(C)cc(-c2csc(NC(=O)C(Cc3ccccc3)NC(=O)c3cccs3)n2)c1C. The van der Waals surface area contributed by atoms with E-state index in [9.17, 15) is 9.59 Å². The Balaban J connectivity index is 1.52. The molecule has 0 bridgehead atoms. The molecule has 3 aromatic heterocycles. The van der Waals surface area contributed by atoms with Gasteiger partial charge < -0.3 is 15.2 Å². The molecular formula is C26H26N4O2S2. The summed E-state index contributed by atoms with van der Waals surface area (Å²) in [5.74, 6) is -0.563. The third kappa shape index (κ3) is 5.35. The molecule has 1 aromatic carbocycles. The zero-order valence-corrected chi connectivity index (χ0v) is 20.7. The van der Waals surface area contributed by atoms with Gasteiger partial charge in [-0.3, -0.25) is 9.59 Å². The van der Waals surface area contributed by atoms with Gasteiger partial charge in [-0.1, -0.05) is 42.5 Å². The number of nitrogens with one attached hydrogen (secondary N) is 2. The lowest BCUT2D eigenvalue weighted by Crippen LogP contribution is -2.45. The molecule has 4 rings (SSSR count). The molecule has 4 aromatic rings. The highest BCUT2D eigenvalue weighted by Crippen LogP contribution is 2.30. The van der Waals surface area contributed by atoms with E-state index < -0.39 is 6.04 Å². The molecule has 34 heavy (non-hydrogen) atoms. The maximum atomic E-state index is 13.2. The Kier molecular flexibility index (Phi) is 7.40. The van der Waals surface area contributed by atoms with Crippen LogP contribution in [0.5, 0.6) is 0 Å². The smallest absolute Gasteiger partial charge is 0.262 e. The van der Waals surface area contributed by atoms with Gasteiger partial charge in [-0.25, -0.2) is 4.98 Å². The summed E-state index contributed by atoms with van der Waals surface area (Å²) < 4.78 is 2.18. The summed E-state index contributed by atoms with van der Waals surface area (Å²) in [7, 11) is 0. The van der Waals surface area contributed by atoms with E-state index in [2.05, 4.69) is 46.7 Å². The largest absolute Gasteiger partial charge is 0.345 e. The summed E-state index contributed by atoms with van der Waals surface area (Å²) in [5, 5.41) is 10.1. The number of benzene rings is 1. The van der Waals surface area contributed by atoms with E-state index in [-0.39, 0.29) is 11.8 Å². The van der Waals surface area contributed by atoms with Crippen molar-refractivity contribution < 1.29 is 9.59 Å². The summed E-state index contributed by atoms with van der Waals surface area (Å²) in [6, 6.07) is 14.6. The fraction of sp³-hybridized carbons (Fsp3) is 0.192. The number of rotatable bonds is 9. The number of hydrogen-bond acceptors (Lipinski definition) is 5. The average Bonchev–Trinajstić information content (AvgIpc) is 3.58. The molecule has 8 heteroatoms. The molecule has 0 saturated heterocycles. The molecule has 174 valence electrons. The fourth-order valence-electron chi connectivity index (χ4n) is 3.81. The minimum atomic E-state index is -0.734. The van der Waals surface area contributed by atoms with E-state index in [1.165, 1.54) is 22.7 Å². The lowest BCUT2D eigenvalue weighted by Gasteiger charge is -2.17. The number of allylic oxidation sites excluding steroid dienone is 1. The Morgan fingerprint density at radius 3 is 2.65 bits per heavy atom. The van der Waals surface area contributed by atoms with E-state index in [4.69, 9.17) is 0 Å². The highest BCUT2D eigenvalue weighted by atomic mass is 32.1. The molecule has 0 fully saturated rings. The molecule has 0 spiro atoms. The van der Waals surface area contributed by atoms with Crippen LogP contribution in [0.3, 0.4) is 0 Å². The van der Waals surface area contributed by atoms with E-state index in [1.807, 2.05) is 53.2 Å². The molecule has 0 aliphatic carbocycles. The lowest BCUT2D eigenvalue weighted by molar-refractivity contribution is -0.118. The number of anilines is 1. The van der Waals surface area contributed by atoms with E-state index >= 15 is 0 Å². The summed E-state index contributed by atoms with van der Waals surface area (Å²) in [6.07, 6.45) is 2.25. The van der Waals surface area contributed by atoms with Crippen molar-refractivity contribution in [3.8, 4) is 11.3 Å². The van der Waals surface area contributed by atoms with Crippen molar-refractivity contribution in [2.45, 2.75) is 32.9 Å². The van der Waals surface area contributed by atoms with Gasteiger partial charge in [-0.2, -0.15) is 0 Å². The van der Waals surface area contributed by atoms with Crippen LogP contribution in [0.15, 0.2) is 71.9 Å². The van der Waals surface area contributed by atoms with Gasteiger partial charge in [0.1, 0.15) is 6.04 Å². The van der Waals surface area contributed by atoms with Crippen molar-refractivity contribution in [2.24, 2.45) is 0 Å². The van der Waals surface area contributed by atoms with Crippen molar-refractivity contribution in [3.05, 3.63) is 93.8 Å². The average molecular weight is 491 g/mol. The zero-order valence-electron chi connectivity index (χ0n) is 19.1. The summed E-state index contributed by atoms with van der Waals surface area (Å²) in [4.78, 5) is 31.1. The van der Waals surface area contributed by atoms with Crippen LogP contribution in [0.25, 0.3) is 11.3 Å². The van der Waals surface area contributed by atoms with Crippen molar-refractivity contribution in [1.82, 2.24) is 14.9 Å². The van der Waals surface area contributed by atoms with Gasteiger partial charge in [-0.05, 0) is 36.9 Å². The standard InChI is InChI=1S/C26H26N4O2S2/c1-4-12-30-17(2)14-20(18(30)3)22-16-34-26(28-22)29-24(31)21(15-19-9-6-5-7-10-19)27-25(32)23-11-8-13-33-23/h4-11,13-14,16,21H,1,12,15H2,2-3H3,(H,27,32)(H,28,29,31). The van der Waals surface area contributed by atoms with Crippen LogP contribution in [0, 0.1) is 13.8 Å². The molecule has 1 unspecified atom stereocenters. The van der Waals surface area contributed by atoms with Gasteiger partial charge in [0.05, 0.1) is 10.6 Å². The van der Waals surface area contributed by atoms with E-state index in [1.54, 1.807) is 6.07 Å². The number of amides is 2. The minimum absolute atomic E-state index is 0.263. The molecule has 6 nitrogen and oxygen atoms in total. The maximum absolute atomic E-state index is 13.2. The number of thiazole rings is 1. The predicted octanol–water partition coefficient (Wildman–Crippen LogP) is 5.46. The number of aryl methyl sites for hydroxylation is 1. The Hall–Kier alpha value is -3.49. The number of hydrogen-bond donors (Lipinski definition) is 2. The lowest BCUT2D eigenvalue weighted by atomic mass is 10.1. The van der Waals surface area contributed by atoms with Crippen molar-refractivity contribution in [1.29, 1.82) is 0 Å². The quantitative estimate of drug-likeness (QED) is 0.306. The monoisotopic (exact) mass is 490 g/mol. The molecular weight excluding hydrogens is 464 g/mol. The van der Waals surface area contributed by atoms with E-state index in [0.717, 1.165) is 34.8 Å². The second kappa shape index (κ2) is 10.6. The fourth-order valence-corrected chi connectivity index (χ4v) is 5.15. The van der Waals surface area contributed by atoms with Crippen molar-refractivity contribution >= 4 is 39.6 Å². The van der Waals surface area contributed by atoms with Crippen LogP contribution in [0.4, 0.5) is 5.13 Å². The van der Waals surface area contributed by atoms with Gasteiger partial charge >= 0.3 is 0 Å². The van der Waals surface area contributed by atoms with Crippen LogP contribution in [0.2, 0.25) is 0 Å². The first-order valence-electron chi connectivity index (χ1n) is 10.9. The second-order valence-corrected chi connectivity index (χ2v) is 9.71. The van der Waals surface area contributed by atoms with Crippen LogP contribution >= 0.6 is 22.7 Å². The topological polar surface area (TPSA) is 76.0 Å². The molecule has 2 N–H and O–H groups in total. The van der Waals surface area contributed by atoms with Gasteiger partial charge in [0.25, 0.3) is 5.91 Å². The Morgan fingerprint density at radius 1 is 1.15 bits per heavy atom. The number of thiophene rings is 1. The highest BCUT2D eigenvalue weighted by Gasteiger charge is 2.24. The van der Waals surface area contributed by atoms with E-state index in [0.29, 0.717) is 16.4 Å². The molecule has 1 atom stereocenters. The first-order valence-corrected chi connectivity index (χ1v) is 12.6. The van der Waals surface area contributed by atoms with Gasteiger partial charge in [-0.15, -0.1) is 29.3 Å². The number of carbonyl (C=O) groups excluding carboxylic acids is 2. The minimum Gasteiger partial charge on any atom is -0.345 e. The van der Waals surface area contributed by atoms with Gasteiger partial charge in [0.15, 0.2) is 5.13 Å². The molecule has 0 saturated carbocycles. The number of carbonyl (C=O) groups is 2. The Labute approximate surface area is 207 Å². The first-order chi connectivity index (χ1) is 16.5. The Morgan fingerprint density at radius 2 is 1.94 bits per heavy atom. The molecule has 2 amide bonds. The second-order valence-electron chi connectivity index (χ2n) is 7.90. The van der Waals surface area contributed by atoms with Gasteiger partial charge in [0, 0.05) is 35.3 Å². The number of nitrogens with zero attached hydrogens (tertiary/aromatic N) is 2. The molecule has 3 heterocycles. The predicted molar refractivity (Wildman–Crippen MR) is 140 cm³/mol. The molecule has 0 radical (unpaired) electrons. The summed E-state index contributed by atoms with van der Waals surface area (Å²) in [5.41, 5.74) is 5.04. The maximum Gasteiger partial charge on any atom is 0.262 e. The van der Waals surface area contributed by atoms with Crippen LogP contribution in [-0.2, 0) is 17.8 Å². The van der Waals surface area contributed by atoms with Crippen LogP contribution in [-0.4, -0.2) is 27.4 Å². The third-order valence-electron chi connectivity index (χ3n) is 5.55. The van der Waals surface area contributed by atoms with Gasteiger partial charge in [0.2, 0.25) is 5.91 Å². The summed E-state index contributed by atoms with van der Waals surface area (Å²) in [6.45, 7) is 8.67. The highest BCUT2D eigenvalue weighted by molar-refractivity contribution is 7.14. The molecule has 0 aliphatic heterocycles. The van der Waals surface area contributed by atoms with Crippen LogP contribution in [0.1, 0.15) is 26.6 Å². The normalized spacial score (nSPS) is 11.7. The number of aromatic nitrogens is 2. The third-order valence-corrected chi connectivity index (χ3v) is 7.17.